The summed E-state index contributed by atoms with van der Waals surface area (Å²) in [5.41, 5.74) is 2.07. The van der Waals surface area contributed by atoms with E-state index in [1.807, 2.05) is 6.92 Å². The summed E-state index contributed by atoms with van der Waals surface area (Å²) in [7, 11) is 0. The quantitative estimate of drug-likeness (QED) is 0.736. The third kappa shape index (κ3) is 4.08. The SMILES string of the molecule is Cc1ccc(NC(=O)CN2C(=O)S/C(=C/c3ccc4c(c3)OCO4)C2=O)cc1Cl. The van der Waals surface area contributed by atoms with Crippen LogP contribution in [0.25, 0.3) is 6.08 Å². The number of aryl methyl sites for hydroxylation is 1. The van der Waals surface area contributed by atoms with Crippen LogP contribution in [0.4, 0.5) is 10.5 Å². The highest BCUT2D eigenvalue weighted by molar-refractivity contribution is 8.18. The lowest BCUT2D eigenvalue weighted by atomic mass is 10.2. The molecule has 4 rings (SSSR count). The van der Waals surface area contributed by atoms with Crippen molar-refractivity contribution in [3.8, 4) is 11.5 Å². The fourth-order valence-corrected chi connectivity index (χ4v) is 3.82. The highest BCUT2D eigenvalue weighted by Gasteiger charge is 2.36. The Morgan fingerprint density at radius 3 is 2.79 bits per heavy atom. The predicted octanol–water partition coefficient (Wildman–Crippen LogP) is 4.05. The molecule has 2 aliphatic rings. The molecule has 7 nitrogen and oxygen atoms in total. The Bertz CT molecular complexity index is 1070. The number of hydrogen-bond donors (Lipinski definition) is 1. The molecule has 3 amide bonds. The van der Waals surface area contributed by atoms with Gasteiger partial charge < -0.3 is 14.8 Å². The van der Waals surface area contributed by atoms with Gasteiger partial charge in [-0.3, -0.25) is 19.3 Å². The molecule has 148 valence electrons. The Morgan fingerprint density at radius 2 is 2.00 bits per heavy atom. The topological polar surface area (TPSA) is 84.9 Å². The summed E-state index contributed by atoms with van der Waals surface area (Å²) in [6.45, 7) is 1.62. The Hall–Kier alpha value is -2.97. The van der Waals surface area contributed by atoms with Crippen LogP contribution in [0.5, 0.6) is 11.5 Å². The molecule has 1 N–H and O–H groups in total. The molecule has 1 fully saturated rings. The number of halogens is 1. The van der Waals surface area contributed by atoms with Crippen molar-refractivity contribution in [1.29, 1.82) is 0 Å². The van der Waals surface area contributed by atoms with Gasteiger partial charge in [0.2, 0.25) is 12.7 Å². The normalized spacial score (nSPS) is 16.6. The van der Waals surface area contributed by atoms with Gasteiger partial charge in [-0.05, 0) is 60.2 Å². The Kier molecular flexibility index (Phi) is 5.21. The number of anilines is 1. The van der Waals surface area contributed by atoms with Gasteiger partial charge in [0, 0.05) is 10.7 Å². The minimum Gasteiger partial charge on any atom is -0.454 e. The number of imide groups is 1. The highest BCUT2D eigenvalue weighted by atomic mass is 35.5. The Labute approximate surface area is 175 Å². The average molecular weight is 431 g/mol. The van der Waals surface area contributed by atoms with Crippen LogP contribution in [0.3, 0.4) is 0 Å². The number of hydrogen-bond acceptors (Lipinski definition) is 6. The monoisotopic (exact) mass is 430 g/mol. The third-order valence-electron chi connectivity index (χ3n) is 4.33. The lowest BCUT2D eigenvalue weighted by molar-refractivity contribution is -0.127. The fraction of sp³-hybridized carbons (Fsp3) is 0.150. The zero-order valence-electron chi connectivity index (χ0n) is 15.2. The largest absolute Gasteiger partial charge is 0.454 e. The molecule has 0 aromatic heterocycles. The van der Waals surface area contributed by atoms with E-state index in [4.69, 9.17) is 21.1 Å². The molecule has 0 aliphatic carbocycles. The molecule has 2 heterocycles. The summed E-state index contributed by atoms with van der Waals surface area (Å²) in [6.07, 6.45) is 1.59. The molecule has 2 aromatic carbocycles. The van der Waals surface area contributed by atoms with E-state index in [2.05, 4.69) is 5.32 Å². The number of ether oxygens (including phenoxy) is 2. The molecule has 2 aromatic rings. The summed E-state index contributed by atoms with van der Waals surface area (Å²) >= 11 is 6.84. The number of rotatable bonds is 4. The lowest BCUT2D eigenvalue weighted by Crippen LogP contribution is -2.36. The molecule has 2 aliphatic heterocycles. The predicted molar refractivity (Wildman–Crippen MR) is 110 cm³/mol. The third-order valence-corrected chi connectivity index (χ3v) is 5.64. The summed E-state index contributed by atoms with van der Waals surface area (Å²) < 4.78 is 10.6. The van der Waals surface area contributed by atoms with Crippen LogP contribution in [0.15, 0.2) is 41.3 Å². The number of thioether (sulfide) groups is 1. The van der Waals surface area contributed by atoms with E-state index in [1.54, 1.807) is 42.5 Å². The number of benzene rings is 2. The molecule has 0 bridgehead atoms. The van der Waals surface area contributed by atoms with Crippen LogP contribution in [-0.2, 0) is 9.59 Å². The van der Waals surface area contributed by atoms with Crippen molar-refractivity contribution in [3.63, 3.8) is 0 Å². The second-order valence-electron chi connectivity index (χ2n) is 6.39. The van der Waals surface area contributed by atoms with E-state index in [1.165, 1.54) is 0 Å². The van der Waals surface area contributed by atoms with Crippen molar-refractivity contribution >= 4 is 52.2 Å². The van der Waals surface area contributed by atoms with Crippen molar-refractivity contribution < 1.29 is 23.9 Å². The first-order valence-electron chi connectivity index (χ1n) is 8.62. The zero-order chi connectivity index (χ0) is 20.5. The highest BCUT2D eigenvalue weighted by Crippen LogP contribution is 2.36. The second kappa shape index (κ2) is 7.81. The zero-order valence-corrected chi connectivity index (χ0v) is 16.8. The molecule has 9 heteroatoms. The smallest absolute Gasteiger partial charge is 0.294 e. The summed E-state index contributed by atoms with van der Waals surface area (Å²) in [5, 5.41) is 2.66. The maximum atomic E-state index is 12.6. The molecule has 0 atom stereocenters. The number of nitrogens with zero attached hydrogens (tertiary/aromatic N) is 1. The average Bonchev–Trinajstić information content (AvgIpc) is 3.24. The van der Waals surface area contributed by atoms with E-state index in [9.17, 15) is 14.4 Å². The van der Waals surface area contributed by atoms with Crippen molar-refractivity contribution in [2.75, 3.05) is 18.7 Å². The number of fused-ring (bicyclic) bond motifs is 1. The summed E-state index contributed by atoms with van der Waals surface area (Å²) in [6, 6.07) is 10.3. The Morgan fingerprint density at radius 1 is 1.21 bits per heavy atom. The van der Waals surface area contributed by atoms with E-state index >= 15 is 0 Å². The first-order chi connectivity index (χ1) is 13.9. The fourth-order valence-electron chi connectivity index (χ4n) is 2.81. The van der Waals surface area contributed by atoms with Crippen LogP contribution >= 0.6 is 23.4 Å². The number of amides is 3. The molecule has 29 heavy (non-hydrogen) atoms. The first-order valence-corrected chi connectivity index (χ1v) is 9.81. The van der Waals surface area contributed by atoms with Gasteiger partial charge in [0.15, 0.2) is 11.5 Å². The summed E-state index contributed by atoms with van der Waals surface area (Å²) in [4.78, 5) is 38.3. The van der Waals surface area contributed by atoms with E-state index in [-0.39, 0.29) is 18.2 Å². The Balaban J connectivity index is 1.45. The second-order valence-corrected chi connectivity index (χ2v) is 7.79. The molecular formula is C20H15ClN2O5S. The lowest BCUT2D eigenvalue weighted by Gasteiger charge is -2.13. The molecule has 0 unspecified atom stereocenters. The maximum Gasteiger partial charge on any atom is 0.294 e. The van der Waals surface area contributed by atoms with Gasteiger partial charge in [-0.15, -0.1) is 0 Å². The van der Waals surface area contributed by atoms with Crippen molar-refractivity contribution in [2.45, 2.75) is 6.92 Å². The first kappa shape index (κ1) is 19.4. The molecule has 1 saturated heterocycles. The van der Waals surface area contributed by atoms with Crippen LogP contribution in [-0.4, -0.2) is 35.3 Å². The number of carbonyl (C=O) groups excluding carboxylic acids is 3. The van der Waals surface area contributed by atoms with Gasteiger partial charge in [0.05, 0.1) is 4.91 Å². The van der Waals surface area contributed by atoms with Gasteiger partial charge >= 0.3 is 0 Å². The van der Waals surface area contributed by atoms with E-state index < -0.39 is 17.1 Å². The van der Waals surface area contributed by atoms with E-state index in [0.29, 0.717) is 27.8 Å². The summed E-state index contributed by atoms with van der Waals surface area (Å²) in [5.74, 6) is 0.198. The molecule has 0 saturated carbocycles. The minimum atomic E-state index is -0.519. The van der Waals surface area contributed by atoms with E-state index in [0.717, 1.165) is 22.2 Å². The van der Waals surface area contributed by atoms with Gasteiger partial charge in [-0.1, -0.05) is 23.7 Å². The molecule has 0 radical (unpaired) electrons. The van der Waals surface area contributed by atoms with Crippen LogP contribution < -0.4 is 14.8 Å². The van der Waals surface area contributed by atoms with Crippen molar-refractivity contribution in [1.82, 2.24) is 4.90 Å². The maximum absolute atomic E-state index is 12.6. The van der Waals surface area contributed by atoms with Crippen molar-refractivity contribution in [3.05, 3.63) is 57.5 Å². The van der Waals surface area contributed by atoms with Gasteiger partial charge in [0.1, 0.15) is 6.54 Å². The number of carbonyl (C=O) groups is 3. The van der Waals surface area contributed by atoms with Gasteiger partial charge in [-0.25, -0.2) is 0 Å². The van der Waals surface area contributed by atoms with Crippen LogP contribution in [0.2, 0.25) is 5.02 Å². The minimum absolute atomic E-state index is 0.149. The van der Waals surface area contributed by atoms with Crippen LogP contribution in [0, 0.1) is 6.92 Å². The van der Waals surface area contributed by atoms with Gasteiger partial charge in [0.25, 0.3) is 11.1 Å². The van der Waals surface area contributed by atoms with Crippen LogP contribution in [0.1, 0.15) is 11.1 Å². The molecule has 0 spiro atoms. The van der Waals surface area contributed by atoms with Crippen molar-refractivity contribution in [2.24, 2.45) is 0 Å². The molecular weight excluding hydrogens is 416 g/mol. The number of nitrogens with one attached hydrogen (secondary N) is 1. The van der Waals surface area contributed by atoms with Gasteiger partial charge in [-0.2, -0.15) is 0 Å². The standard InChI is InChI=1S/C20H15ClN2O5S/c1-11-2-4-13(8-14(11)21)22-18(24)9-23-19(25)17(29-20(23)26)7-12-3-5-15-16(6-12)28-10-27-15/h2-8H,9-10H2,1H3,(H,22,24)/b17-7+.